The number of benzene rings is 1. The lowest BCUT2D eigenvalue weighted by atomic mass is 9.78. The van der Waals surface area contributed by atoms with Crippen molar-refractivity contribution in [2.45, 2.75) is 44.9 Å². The lowest BCUT2D eigenvalue weighted by Gasteiger charge is -2.39. The molecule has 1 saturated heterocycles. The van der Waals surface area contributed by atoms with Gasteiger partial charge in [0.25, 0.3) is 0 Å². The summed E-state index contributed by atoms with van der Waals surface area (Å²) in [6, 6.07) is 5.66. The van der Waals surface area contributed by atoms with Gasteiger partial charge in [-0.15, -0.1) is 0 Å². The minimum Gasteiger partial charge on any atom is -0.316 e. The van der Waals surface area contributed by atoms with Crippen LogP contribution in [0.5, 0.6) is 0 Å². The van der Waals surface area contributed by atoms with E-state index < -0.39 is 0 Å². The van der Waals surface area contributed by atoms with Gasteiger partial charge in [-0.2, -0.15) is 0 Å². The van der Waals surface area contributed by atoms with E-state index in [1.807, 2.05) is 0 Å². The van der Waals surface area contributed by atoms with E-state index in [2.05, 4.69) is 25.2 Å². The average molecular weight is 247 g/mol. The molecule has 2 fully saturated rings. The normalized spacial score (nSPS) is 25.7. The first kappa shape index (κ1) is 12.2. The zero-order chi connectivity index (χ0) is 12.8. The molecule has 2 heteroatoms. The molecule has 1 aliphatic carbocycles. The fourth-order valence-corrected chi connectivity index (χ4v) is 3.50. The van der Waals surface area contributed by atoms with E-state index in [1.165, 1.54) is 24.8 Å². The number of hydrogen-bond acceptors (Lipinski definition) is 1. The molecule has 98 valence electrons. The van der Waals surface area contributed by atoms with Gasteiger partial charge in [-0.1, -0.05) is 19.9 Å². The molecule has 1 N–H and O–H groups in total. The van der Waals surface area contributed by atoms with Gasteiger partial charge in [-0.05, 0) is 59.8 Å². The van der Waals surface area contributed by atoms with Crippen molar-refractivity contribution >= 4 is 0 Å². The molecule has 1 aromatic rings. The highest BCUT2D eigenvalue weighted by molar-refractivity contribution is 5.30. The smallest absolute Gasteiger partial charge is 0.123 e. The van der Waals surface area contributed by atoms with E-state index in [1.54, 1.807) is 12.1 Å². The average Bonchev–Trinajstić information content (AvgIpc) is 2.72. The first-order chi connectivity index (χ1) is 8.58. The Morgan fingerprint density at radius 3 is 2.61 bits per heavy atom. The Balaban J connectivity index is 1.84. The summed E-state index contributed by atoms with van der Waals surface area (Å²) in [4.78, 5) is 0. The highest BCUT2D eigenvalue weighted by atomic mass is 19.1. The third-order valence-corrected chi connectivity index (χ3v) is 4.78. The Labute approximate surface area is 109 Å². The molecule has 1 atom stereocenters. The molecular formula is C16H22FN. The van der Waals surface area contributed by atoms with Gasteiger partial charge >= 0.3 is 0 Å². The lowest BCUT2D eigenvalue weighted by molar-refractivity contribution is 0.175. The summed E-state index contributed by atoms with van der Waals surface area (Å²) in [6.07, 6.45) is 3.77. The van der Waals surface area contributed by atoms with E-state index in [-0.39, 0.29) is 5.82 Å². The highest BCUT2D eigenvalue weighted by Gasteiger charge is 2.43. The second-order valence-corrected chi connectivity index (χ2v) is 6.52. The minimum absolute atomic E-state index is 0.0658. The van der Waals surface area contributed by atoms with Gasteiger partial charge in [0.05, 0.1) is 0 Å². The van der Waals surface area contributed by atoms with Crippen molar-refractivity contribution in [3.05, 3.63) is 35.1 Å². The van der Waals surface area contributed by atoms with Crippen molar-refractivity contribution in [2.24, 2.45) is 5.41 Å². The molecule has 18 heavy (non-hydrogen) atoms. The summed E-state index contributed by atoms with van der Waals surface area (Å²) in [7, 11) is 0. The van der Waals surface area contributed by atoms with Crippen LogP contribution in [0.3, 0.4) is 0 Å². The first-order valence-corrected chi connectivity index (χ1v) is 7.09. The summed E-state index contributed by atoms with van der Waals surface area (Å²) in [5.41, 5.74) is 2.90. The topological polar surface area (TPSA) is 12.0 Å². The molecule has 1 nitrogen and oxygen atoms in total. The maximum atomic E-state index is 13.7. The summed E-state index contributed by atoms with van der Waals surface area (Å²) in [5, 5.41) is 3.38. The van der Waals surface area contributed by atoms with Crippen LogP contribution in [0.2, 0.25) is 0 Å². The molecule has 0 amide bonds. The number of nitrogens with one attached hydrogen (secondary N) is 1. The van der Waals surface area contributed by atoms with Gasteiger partial charge in [-0.25, -0.2) is 4.39 Å². The van der Waals surface area contributed by atoms with Crippen LogP contribution in [0.4, 0.5) is 4.39 Å². The Morgan fingerprint density at radius 1 is 1.28 bits per heavy atom. The van der Waals surface area contributed by atoms with Crippen molar-refractivity contribution in [1.29, 1.82) is 0 Å². The van der Waals surface area contributed by atoms with Crippen LogP contribution in [0, 0.1) is 11.2 Å². The third-order valence-electron chi connectivity index (χ3n) is 4.78. The summed E-state index contributed by atoms with van der Waals surface area (Å²) < 4.78 is 13.7. The largest absolute Gasteiger partial charge is 0.316 e. The molecule has 1 heterocycles. The molecule has 2 aliphatic rings. The minimum atomic E-state index is -0.0658. The fraction of sp³-hybridized carbons (Fsp3) is 0.625. The zero-order valence-corrected chi connectivity index (χ0v) is 11.3. The van der Waals surface area contributed by atoms with Gasteiger partial charge in [0.2, 0.25) is 0 Å². The molecule has 0 aromatic heterocycles. The van der Waals surface area contributed by atoms with Crippen LogP contribution in [0.1, 0.15) is 56.1 Å². The van der Waals surface area contributed by atoms with Gasteiger partial charge < -0.3 is 5.32 Å². The van der Waals surface area contributed by atoms with Crippen LogP contribution in [-0.4, -0.2) is 13.1 Å². The quantitative estimate of drug-likeness (QED) is 0.838. The van der Waals surface area contributed by atoms with E-state index in [0.29, 0.717) is 17.3 Å². The van der Waals surface area contributed by atoms with E-state index in [0.717, 1.165) is 18.7 Å². The van der Waals surface area contributed by atoms with Gasteiger partial charge in [0.15, 0.2) is 0 Å². The van der Waals surface area contributed by atoms with Crippen LogP contribution in [-0.2, 0) is 0 Å². The standard InChI is InChI=1S/C16H22FN/c1-11(2)13-5-14(7-15(17)6-13)12-3-4-16(8-12)9-18-10-16/h5-7,11-12,18H,3-4,8-10H2,1-2H3/t12-/m1/s1. The number of hydrogen-bond donors (Lipinski definition) is 1. The molecule has 0 unspecified atom stereocenters. The molecule has 1 aliphatic heterocycles. The van der Waals surface area contributed by atoms with Crippen LogP contribution in [0.25, 0.3) is 0 Å². The molecular weight excluding hydrogens is 225 g/mol. The molecule has 1 aromatic carbocycles. The van der Waals surface area contributed by atoms with Crippen molar-refractivity contribution in [3.63, 3.8) is 0 Å². The zero-order valence-electron chi connectivity index (χ0n) is 11.3. The summed E-state index contributed by atoms with van der Waals surface area (Å²) >= 11 is 0. The third kappa shape index (κ3) is 2.07. The predicted octanol–water partition coefficient (Wildman–Crippen LogP) is 3.81. The van der Waals surface area contributed by atoms with Crippen molar-refractivity contribution in [3.8, 4) is 0 Å². The second kappa shape index (κ2) is 4.34. The number of rotatable bonds is 2. The SMILES string of the molecule is CC(C)c1cc(F)cc([C@@H]2CCC3(CNC3)C2)c1. The van der Waals surface area contributed by atoms with E-state index >= 15 is 0 Å². The van der Waals surface area contributed by atoms with Crippen LogP contribution >= 0.6 is 0 Å². The Kier molecular flexibility index (Phi) is 2.93. The Hall–Kier alpha value is -0.890. The van der Waals surface area contributed by atoms with Crippen molar-refractivity contribution < 1.29 is 4.39 Å². The summed E-state index contributed by atoms with van der Waals surface area (Å²) in [6.45, 7) is 6.58. The van der Waals surface area contributed by atoms with Crippen LogP contribution in [0.15, 0.2) is 18.2 Å². The highest BCUT2D eigenvalue weighted by Crippen LogP contribution is 2.49. The maximum absolute atomic E-state index is 13.7. The van der Waals surface area contributed by atoms with Gasteiger partial charge in [0, 0.05) is 13.1 Å². The summed E-state index contributed by atoms with van der Waals surface area (Å²) in [5.74, 6) is 0.907. The predicted molar refractivity (Wildman–Crippen MR) is 72.4 cm³/mol. The lowest BCUT2D eigenvalue weighted by Crippen LogP contribution is -2.51. The fourth-order valence-electron chi connectivity index (χ4n) is 3.50. The molecule has 1 saturated carbocycles. The number of halogens is 1. The van der Waals surface area contributed by atoms with Crippen LogP contribution < -0.4 is 5.32 Å². The molecule has 0 bridgehead atoms. The Bertz CT molecular complexity index is 448. The Morgan fingerprint density at radius 2 is 2.06 bits per heavy atom. The molecule has 3 rings (SSSR count). The van der Waals surface area contributed by atoms with E-state index in [9.17, 15) is 4.39 Å². The first-order valence-electron chi connectivity index (χ1n) is 7.09. The van der Waals surface area contributed by atoms with Gasteiger partial charge in [0.1, 0.15) is 5.82 Å². The van der Waals surface area contributed by atoms with Crippen molar-refractivity contribution in [2.75, 3.05) is 13.1 Å². The van der Waals surface area contributed by atoms with Crippen molar-refractivity contribution in [1.82, 2.24) is 5.32 Å². The molecule has 1 spiro atoms. The van der Waals surface area contributed by atoms with E-state index in [4.69, 9.17) is 0 Å². The maximum Gasteiger partial charge on any atom is 0.123 e. The second-order valence-electron chi connectivity index (χ2n) is 6.52. The molecule has 0 radical (unpaired) electrons. The monoisotopic (exact) mass is 247 g/mol. The van der Waals surface area contributed by atoms with Gasteiger partial charge in [-0.3, -0.25) is 0 Å².